The van der Waals surface area contributed by atoms with Crippen molar-refractivity contribution in [2.24, 2.45) is 0 Å². The zero-order valence-corrected chi connectivity index (χ0v) is 9.24. The van der Waals surface area contributed by atoms with Gasteiger partial charge in [-0.05, 0) is 36.4 Å². The number of halogens is 1. The molecule has 0 unspecified atom stereocenters. The first kappa shape index (κ1) is 9.49. The van der Waals surface area contributed by atoms with Gasteiger partial charge in [-0.3, -0.25) is 0 Å². The van der Waals surface area contributed by atoms with E-state index in [0.29, 0.717) is 0 Å². The molecule has 1 heterocycles. The van der Waals surface area contributed by atoms with E-state index in [-0.39, 0.29) is 0 Å². The Hall–Kier alpha value is -1.73. The van der Waals surface area contributed by atoms with E-state index >= 15 is 0 Å². The summed E-state index contributed by atoms with van der Waals surface area (Å²) in [5.41, 5.74) is 1.95. The van der Waals surface area contributed by atoms with Crippen molar-refractivity contribution in [3.63, 3.8) is 0 Å². The van der Waals surface area contributed by atoms with E-state index in [1.807, 2.05) is 54.6 Å². The van der Waals surface area contributed by atoms with Crippen LogP contribution in [0.3, 0.4) is 0 Å². The predicted octanol–water partition coefficient (Wildman–Crippen LogP) is 4.75. The molecule has 78 valence electrons. The van der Waals surface area contributed by atoms with Crippen LogP contribution in [0, 0.1) is 0 Å². The molecule has 0 N–H and O–H groups in total. The molecule has 0 aliphatic carbocycles. The van der Waals surface area contributed by atoms with Gasteiger partial charge < -0.3 is 4.42 Å². The summed E-state index contributed by atoms with van der Waals surface area (Å²) in [6, 6.07) is 17.7. The van der Waals surface area contributed by atoms with Gasteiger partial charge in [0.15, 0.2) is 0 Å². The van der Waals surface area contributed by atoms with Crippen molar-refractivity contribution in [3.8, 4) is 11.3 Å². The van der Waals surface area contributed by atoms with Crippen LogP contribution < -0.4 is 0 Å². The molecule has 0 bridgehead atoms. The summed E-state index contributed by atoms with van der Waals surface area (Å²) in [5, 5.41) is 1.85. The first-order valence-corrected chi connectivity index (χ1v) is 5.45. The lowest BCUT2D eigenvalue weighted by atomic mass is 10.1. The van der Waals surface area contributed by atoms with Crippen LogP contribution in [0.1, 0.15) is 0 Å². The van der Waals surface area contributed by atoms with E-state index in [1.54, 1.807) is 0 Å². The van der Waals surface area contributed by atoms with Gasteiger partial charge in [-0.25, -0.2) is 0 Å². The molecule has 3 rings (SSSR count). The highest BCUT2D eigenvalue weighted by molar-refractivity contribution is 6.30. The second-order valence-corrected chi connectivity index (χ2v) is 4.09. The van der Waals surface area contributed by atoms with Gasteiger partial charge >= 0.3 is 0 Å². The molecular weight excluding hydrogens is 220 g/mol. The Morgan fingerprint density at radius 1 is 0.875 bits per heavy atom. The second kappa shape index (κ2) is 3.69. The molecule has 0 atom stereocenters. The molecule has 0 amide bonds. The van der Waals surface area contributed by atoms with Crippen LogP contribution in [0.5, 0.6) is 0 Å². The fourth-order valence-corrected chi connectivity index (χ4v) is 1.86. The summed E-state index contributed by atoms with van der Waals surface area (Å²) in [6.07, 6.45) is 0. The normalized spacial score (nSPS) is 10.8. The first-order chi connectivity index (χ1) is 7.83. The predicted molar refractivity (Wildman–Crippen MR) is 66.7 cm³/mol. The maximum Gasteiger partial charge on any atom is 0.135 e. The second-order valence-electron chi connectivity index (χ2n) is 3.66. The van der Waals surface area contributed by atoms with E-state index in [4.69, 9.17) is 16.0 Å². The Morgan fingerprint density at radius 2 is 1.62 bits per heavy atom. The highest BCUT2D eigenvalue weighted by atomic mass is 35.5. The number of furan rings is 1. The third-order valence-electron chi connectivity index (χ3n) is 2.55. The number of hydrogen-bond acceptors (Lipinski definition) is 1. The third-order valence-corrected chi connectivity index (χ3v) is 2.81. The first-order valence-electron chi connectivity index (χ1n) is 5.07. The zero-order chi connectivity index (χ0) is 11.0. The molecule has 1 aromatic heterocycles. The van der Waals surface area contributed by atoms with Crippen molar-refractivity contribution in [2.75, 3.05) is 0 Å². The van der Waals surface area contributed by atoms with Gasteiger partial charge in [-0.15, -0.1) is 0 Å². The Kier molecular flexibility index (Phi) is 2.19. The fraction of sp³-hybridized carbons (Fsp3) is 0. The van der Waals surface area contributed by atoms with Crippen molar-refractivity contribution >= 4 is 22.6 Å². The van der Waals surface area contributed by atoms with Crippen LogP contribution in [0.2, 0.25) is 5.02 Å². The van der Waals surface area contributed by atoms with Gasteiger partial charge in [-0.2, -0.15) is 0 Å². The van der Waals surface area contributed by atoms with Crippen molar-refractivity contribution < 1.29 is 4.42 Å². The van der Waals surface area contributed by atoms with Crippen molar-refractivity contribution in [2.45, 2.75) is 0 Å². The fourth-order valence-electron chi connectivity index (χ4n) is 1.74. The topological polar surface area (TPSA) is 13.1 Å². The molecule has 1 nitrogen and oxygen atoms in total. The Bertz CT molecular complexity index is 590. The lowest BCUT2D eigenvalue weighted by Gasteiger charge is -1.95. The van der Waals surface area contributed by atoms with Gasteiger partial charge in [-0.1, -0.05) is 29.8 Å². The average Bonchev–Trinajstić information content (AvgIpc) is 2.73. The minimum Gasteiger partial charge on any atom is -0.456 e. The highest BCUT2D eigenvalue weighted by Crippen LogP contribution is 2.28. The maximum absolute atomic E-state index is 5.85. The van der Waals surface area contributed by atoms with Crippen LogP contribution >= 0.6 is 11.6 Å². The van der Waals surface area contributed by atoms with Gasteiger partial charge in [0.1, 0.15) is 11.3 Å². The third kappa shape index (κ3) is 1.59. The molecule has 16 heavy (non-hydrogen) atoms. The smallest absolute Gasteiger partial charge is 0.135 e. The number of benzene rings is 2. The van der Waals surface area contributed by atoms with E-state index in [2.05, 4.69) is 0 Å². The molecule has 0 fully saturated rings. The number of para-hydroxylation sites is 1. The van der Waals surface area contributed by atoms with Gasteiger partial charge in [0.25, 0.3) is 0 Å². The maximum atomic E-state index is 5.85. The quantitative estimate of drug-likeness (QED) is 0.586. The van der Waals surface area contributed by atoms with E-state index in [1.165, 1.54) is 0 Å². The number of fused-ring (bicyclic) bond motifs is 1. The lowest BCUT2D eigenvalue weighted by Crippen LogP contribution is -1.71. The molecule has 0 aliphatic rings. The van der Waals surface area contributed by atoms with Crippen molar-refractivity contribution in [3.05, 3.63) is 59.6 Å². The molecule has 0 spiro atoms. The Labute approximate surface area is 98.3 Å². The number of rotatable bonds is 1. The highest BCUT2D eigenvalue weighted by Gasteiger charge is 2.04. The molecule has 0 aliphatic heterocycles. The minimum atomic E-state index is 0.736. The standard InChI is InChI=1S/C14H9ClO/c15-12-7-5-10(6-8-12)14-9-11-3-1-2-4-13(11)16-14/h1-9H. The summed E-state index contributed by atoms with van der Waals surface area (Å²) in [6.45, 7) is 0. The van der Waals surface area contributed by atoms with Crippen molar-refractivity contribution in [1.82, 2.24) is 0 Å². The van der Waals surface area contributed by atoms with Crippen LogP contribution in [-0.2, 0) is 0 Å². The number of hydrogen-bond donors (Lipinski definition) is 0. The minimum absolute atomic E-state index is 0.736. The van der Waals surface area contributed by atoms with Crippen LogP contribution in [0.15, 0.2) is 59.0 Å². The molecule has 2 heteroatoms. The van der Waals surface area contributed by atoms with E-state index < -0.39 is 0 Å². The van der Waals surface area contributed by atoms with Gasteiger partial charge in [0.2, 0.25) is 0 Å². The molecule has 2 aromatic carbocycles. The van der Waals surface area contributed by atoms with Gasteiger partial charge in [0, 0.05) is 16.0 Å². The summed E-state index contributed by atoms with van der Waals surface area (Å²) in [7, 11) is 0. The Balaban J connectivity index is 2.15. The molecule has 0 saturated heterocycles. The summed E-state index contributed by atoms with van der Waals surface area (Å²) < 4.78 is 5.75. The monoisotopic (exact) mass is 228 g/mol. The zero-order valence-electron chi connectivity index (χ0n) is 8.48. The SMILES string of the molecule is Clc1ccc(-c2cc3ccccc3o2)cc1. The summed E-state index contributed by atoms with van der Waals surface area (Å²) in [4.78, 5) is 0. The van der Waals surface area contributed by atoms with E-state index in [9.17, 15) is 0 Å². The average molecular weight is 229 g/mol. The molecule has 0 saturated carbocycles. The summed E-state index contributed by atoms with van der Waals surface area (Å²) in [5.74, 6) is 0.873. The van der Waals surface area contributed by atoms with E-state index in [0.717, 1.165) is 27.3 Å². The molecular formula is C14H9ClO. The van der Waals surface area contributed by atoms with Crippen LogP contribution in [-0.4, -0.2) is 0 Å². The van der Waals surface area contributed by atoms with Crippen molar-refractivity contribution in [1.29, 1.82) is 0 Å². The molecule has 0 radical (unpaired) electrons. The largest absolute Gasteiger partial charge is 0.456 e. The molecule has 3 aromatic rings. The van der Waals surface area contributed by atoms with Gasteiger partial charge in [0.05, 0.1) is 0 Å². The van der Waals surface area contributed by atoms with Crippen LogP contribution in [0.4, 0.5) is 0 Å². The summed E-state index contributed by atoms with van der Waals surface area (Å²) >= 11 is 5.85. The Morgan fingerprint density at radius 3 is 2.38 bits per heavy atom. The lowest BCUT2D eigenvalue weighted by molar-refractivity contribution is 0.631. The van der Waals surface area contributed by atoms with Crippen LogP contribution in [0.25, 0.3) is 22.3 Å².